The molecule has 3 nitrogen and oxygen atoms in total. The van der Waals surface area contributed by atoms with Gasteiger partial charge < -0.3 is 4.74 Å². The van der Waals surface area contributed by atoms with Crippen LogP contribution in [0.2, 0.25) is 0 Å². The Kier molecular flexibility index (Phi) is 4.84. The van der Waals surface area contributed by atoms with Gasteiger partial charge >= 0.3 is 0 Å². The molecule has 16 heavy (non-hydrogen) atoms. The average molecular weight is 246 g/mol. The molecule has 0 spiro atoms. The van der Waals surface area contributed by atoms with Crippen LogP contribution < -0.4 is 0 Å². The topological polar surface area (TPSA) is 43.4 Å². The molecular formula is C12H22O3S. The SMILES string of the molecule is C=COCCCC1(CC)CCCS(=O)(=O)C1. The molecule has 1 atom stereocenters. The minimum Gasteiger partial charge on any atom is -0.502 e. The van der Waals surface area contributed by atoms with E-state index in [0.717, 1.165) is 32.1 Å². The fourth-order valence-corrected chi connectivity index (χ4v) is 4.70. The lowest BCUT2D eigenvalue weighted by Crippen LogP contribution is -2.36. The van der Waals surface area contributed by atoms with E-state index in [9.17, 15) is 8.42 Å². The van der Waals surface area contributed by atoms with Crippen LogP contribution in [0.15, 0.2) is 12.8 Å². The maximum Gasteiger partial charge on any atom is 0.150 e. The monoisotopic (exact) mass is 246 g/mol. The third kappa shape index (κ3) is 3.81. The van der Waals surface area contributed by atoms with E-state index in [1.165, 1.54) is 6.26 Å². The first-order chi connectivity index (χ1) is 7.54. The summed E-state index contributed by atoms with van der Waals surface area (Å²) in [5.74, 6) is 0.739. The van der Waals surface area contributed by atoms with Gasteiger partial charge in [-0.15, -0.1) is 0 Å². The van der Waals surface area contributed by atoms with Gasteiger partial charge in [0.15, 0.2) is 9.84 Å². The average Bonchev–Trinajstić information content (AvgIpc) is 2.23. The molecule has 1 fully saturated rings. The second-order valence-electron chi connectivity index (χ2n) is 4.69. The lowest BCUT2D eigenvalue weighted by molar-refractivity contribution is 0.192. The molecule has 0 aromatic carbocycles. The molecule has 0 aromatic heterocycles. The van der Waals surface area contributed by atoms with Gasteiger partial charge in [0.2, 0.25) is 0 Å². The molecule has 0 aromatic rings. The van der Waals surface area contributed by atoms with Crippen LogP contribution in [0.5, 0.6) is 0 Å². The summed E-state index contributed by atoms with van der Waals surface area (Å²) in [4.78, 5) is 0. The van der Waals surface area contributed by atoms with E-state index >= 15 is 0 Å². The van der Waals surface area contributed by atoms with Gasteiger partial charge in [0.25, 0.3) is 0 Å². The molecule has 0 saturated carbocycles. The Morgan fingerprint density at radius 3 is 2.81 bits per heavy atom. The van der Waals surface area contributed by atoms with Crippen LogP contribution in [-0.2, 0) is 14.6 Å². The third-order valence-corrected chi connectivity index (χ3v) is 5.49. The van der Waals surface area contributed by atoms with E-state index in [1.807, 2.05) is 0 Å². The fraction of sp³-hybridized carbons (Fsp3) is 0.833. The summed E-state index contributed by atoms with van der Waals surface area (Å²) in [5, 5.41) is 0. The van der Waals surface area contributed by atoms with Crippen molar-refractivity contribution >= 4 is 9.84 Å². The molecule has 0 aliphatic carbocycles. The first kappa shape index (κ1) is 13.6. The number of sulfone groups is 1. The smallest absolute Gasteiger partial charge is 0.150 e. The zero-order valence-corrected chi connectivity index (χ0v) is 10.9. The molecule has 1 aliphatic rings. The quantitative estimate of drug-likeness (QED) is 0.534. The summed E-state index contributed by atoms with van der Waals surface area (Å²) in [6.45, 7) is 6.22. The van der Waals surface area contributed by atoms with Crippen molar-refractivity contribution in [1.29, 1.82) is 0 Å². The summed E-state index contributed by atoms with van der Waals surface area (Å²) >= 11 is 0. The highest BCUT2D eigenvalue weighted by atomic mass is 32.2. The van der Waals surface area contributed by atoms with Crippen molar-refractivity contribution < 1.29 is 13.2 Å². The third-order valence-electron chi connectivity index (χ3n) is 3.53. The van der Waals surface area contributed by atoms with E-state index in [4.69, 9.17) is 4.74 Å². The second kappa shape index (κ2) is 5.71. The van der Waals surface area contributed by atoms with Crippen LogP contribution in [0.4, 0.5) is 0 Å². The molecule has 1 unspecified atom stereocenters. The molecule has 94 valence electrons. The Labute approximate surface area is 98.8 Å². The molecule has 1 rings (SSSR count). The first-order valence-electron chi connectivity index (χ1n) is 5.96. The summed E-state index contributed by atoms with van der Waals surface area (Å²) in [5.41, 5.74) is 0.00160. The van der Waals surface area contributed by atoms with E-state index < -0.39 is 9.84 Å². The molecular weight excluding hydrogens is 224 g/mol. The lowest BCUT2D eigenvalue weighted by atomic mass is 9.78. The maximum absolute atomic E-state index is 11.7. The van der Waals surface area contributed by atoms with Crippen LogP contribution >= 0.6 is 0 Å². The highest BCUT2D eigenvalue weighted by Gasteiger charge is 2.36. The van der Waals surface area contributed by atoms with Crippen LogP contribution in [0.25, 0.3) is 0 Å². The predicted molar refractivity (Wildman–Crippen MR) is 66.0 cm³/mol. The second-order valence-corrected chi connectivity index (χ2v) is 6.87. The Morgan fingerprint density at radius 1 is 1.50 bits per heavy atom. The zero-order valence-electron chi connectivity index (χ0n) is 10.1. The van der Waals surface area contributed by atoms with Gasteiger partial charge in [-0.2, -0.15) is 0 Å². The van der Waals surface area contributed by atoms with Crippen molar-refractivity contribution in [2.24, 2.45) is 5.41 Å². The minimum atomic E-state index is -2.81. The first-order valence-corrected chi connectivity index (χ1v) is 7.79. The van der Waals surface area contributed by atoms with Crippen molar-refractivity contribution in [1.82, 2.24) is 0 Å². The zero-order chi connectivity index (χ0) is 12.1. The highest BCUT2D eigenvalue weighted by Crippen LogP contribution is 2.38. The Balaban J connectivity index is 2.52. The Hall–Kier alpha value is -0.510. The molecule has 0 bridgehead atoms. The standard InChI is InChI=1S/C12H22O3S/c1-3-12(7-5-9-15-4-2)8-6-10-16(13,14)11-12/h4H,2-3,5-11H2,1H3. The number of hydrogen-bond acceptors (Lipinski definition) is 3. The molecule has 4 heteroatoms. The fourth-order valence-electron chi connectivity index (χ4n) is 2.54. The van der Waals surface area contributed by atoms with E-state index in [0.29, 0.717) is 18.1 Å². The largest absolute Gasteiger partial charge is 0.502 e. The predicted octanol–water partition coefficient (Wildman–Crippen LogP) is 2.53. The van der Waals surface area contributed by atoms with E-state index in [-0.39, 0.29) is 5.41 Å². The van der Waals surface area contributed by atoms with E-state index in [2.05, 4.69) is 13.5 Å². The van der Waals surface area contributed by atoms with Crippen molar-refractivity contribution in [3.63, 3.8) is 0 Å². The normalized spacial score (nSPS) is 28.6. The van der Waals surface area contributed by atoms with Gasteiger partial charge in [-0.3, -0.25) is 0 Å². The molecule has 0 amide bonds. The highest BCUT2D eigenvalue weighted by molar-refractivity contribution is 7.91. The summed E-state index contributed by atoms with van der Waals surface area (Å²) < 4.78 is 28.4. The molecule has 1 aliphatic heterocycles. The van der Waals surface area contributed by atoms with Crippen LogP contribution in [0.3, 0.4) is 0 Å². The lowest BCUT2D eigenvalue weighted by Gasteiger charge is -2.36. The summed E-state index contributed by atoms with van der Waals surface area (Å²) in [6, 6.07) is 0. The van der Waals surface area contributed by atoms with Crippen LogP contribution in [0, 0.1) is 5.41 Å². The molecule has 0 radical (unpaired) electrons. The molecule has 1 saturated heterocycles. The van der Waals surface area contributed by atoms with E-state index in [1.54, 1.807) is 0 Å². The van der Waals surface area contributed by atoms with Crippen LogP contribution in [-0.4, -0.2) is 26.5 Å². The maximum atomic E-state index is 11.7. The van der Waals surface area contributed by atoms with Crippen molar-refractivity contribution in [2.45, 2.75) is 39.0 Å². The van der Waals surface area contributed by atoms with Gasteiger partial charge in [0, 0.05) is 0 Å². The van der Waals surface area contributed by atoms with Gasteiger partial charge in [0.1, 0.15) is 0 Å². The number of rotatable bonds is 6. The number of ether oxygens (including phenoxy) is 1. The van der Waals surface area contributed by atoms with Gasteiger partial charge in [-0.25, -0.2) is 8.42 Å². The van der Waals surface area contributed by atoms with Gasteiger partial charge in [-0.1, -0.05) is 13.5 Å². The number of hydrogen-bond donors (Lipinski definition) is 0. The minimum absolute atomic E-state index is 0.00160. The van der Waals surface area contributed by atoms with Gasteiger partial charge in [-0.05, 0) is 37.5 Å². The molecule has 1 heterocycles. The van der Waals surface area contributed by atoms with Crippen molar-refractivity contribution in [2.75, 3.05) is 18.1 Å². The summed E-state index contributed by atoms with van der Waals surface area (Å²) in [6.07, 6.45) is 6.10. The van der Waals surface area contributed by atoms with Crippen LogP contribution in [0.1, 0.15) is 39.0 Å². The summed E-state index contributed by atoms with van der Waals surface area (Å²) in [7, 11) is -2.81. The Morgan fingerprint density at radius 2 is 2.25 bits per heavy atom. The van der Waals surface area contributed by atoms with Crippen molar-refractivity contribution in [3.8, 4) is 0 Å². The molecule has 0 N–H and O–H groups in total. The van der Waals surface area contributed by atoms with Crippen molar-refractivity contribution in [3.05, 3.63) is 12.8 Å². The van der Waals surface area contributed by atoms with Gasteiger partial charge in [0.05, 0.1) is 24.4 Å². The Bertz CT molecular complexity index is 321.